The first-order valence-corrected chi connectivity index (χ1v) is 8.46. The highest BCUT2D eigenvalue weighted by Gasteiger charge is 2.17. The summed E-state index contributed by atoms with van der Waals surface area (Å²) < 4.78 is 6.47. The third-order valence-electron chi connectivity index (χ3n) is 2.97. The third kappa shape index (κ3) is 4.18. The molecule has 1 N–H and O–H groups in total. The fourth-order valence-corrected chi connectivity index (χ4v) is 2.77. The molecular weight excluding hydrogens is 306 g/mol. The van der Waals surface area contributed by atoms with Crippen LogP contribution in [0.25, 0.3) is 0 Å². The molecule has 21 heavy (non-hydrogen) atoms. The molecule has 1 amide bonds. The molecule has 0 aliphatic heterocycles. The Morgan fingerprint density at radius 2 is 2.10 bits per heavy atom. The molecule has 0 bridgehead atoms. The van der Waals surface area contributed by atoms with Gasteiger partial charge in [-0.1, -0.05) is 29.2 Å². The first-order chi connectivity index (χ1) is 9.99. The van der Waals surface area contributed by atoms with Crippen molar-refractivity contribution in [2.75, 3.05) is 11.6 Å². The third-order valence-corrected chi connectivity index (χ3v) is 4.79. The van der Waals surface area contributed by atoms with Crippen molar-refractivity contribution in [2.24, 2.45) is 0 Å². The van der Waals surface area contributed by atoms with E-state index < -0.39 is 6.10 Å². The van der Waals surface area contributed by atoms with Gasteiger partial charge in [0.2, 0.25) is 5.13 Å². The molecule has 7 heteroatoms. The lowest BCUT2D eigenvalue weighted by atomic mass is 10.1. The summed E-state index contributed by atoms with van der Waals surface area (Å²) in [5.74, 6) is 0.444. The minimum Gasteiger partial charge on any atom is -0.481 e. The van der Waals surface area contributed by atoms with E-state index in [-0.39, 0.29) is 5.91 Å². The summed E-state index contributed by atoms with van der Waals surface area (Å²) in [4.78, 5) is 12.1. The number of nitrogens with one attached hydrogen (secondary N) is 1. The van der Waals surface area contributed by atoms with Crippen LogP contribution >= 0.6 is 23.1 Å². The van der Waals surface area contributed by atoms with Gasteiger partial charge in [0.15, 0.2) is 10.4 Å². The zero-order chi connectivity index (χ0) is 15.4. The number of benzene rings is 1. The van der Waals surface area contributed by atoms with Gasteiger partial charge in [-0.15, -0.1) is 10.2 Å². The Kier molecular flexibility index (Phi) is 5.19. The maximum absolute atomic E-state index is 12.1. The van der Waals surface area contributed by atoms with E-state index in [4.69, 9.17) is 4.74 Å². The Balaban J connectivity index is 1.97. The van der Waals surface area contributed by atoms with Crippen LogP contribution in [0.15, 0.2) is 22.5 Å². The molecule has 1 atom stereocenters. The van der Waals surface area contributed by atoms with Crippen molar-refractivity contribution in [3.05, 3.63) is 29.3 Å². The Hall–Kier alpha value is -1.60. The molecule has 112 valence electrons. The van der Waals surface area contributed by atoms with Gasteiger partial charge in [-0.25, -0.2) is 0 Å². The van der Waals surface area contributed by atoms with Crippen LogP contribution in [0, 0.1) is 13.8 Å². The molecule has 0 spiro atoms. The summed E-state index contributed by atoms with van der Waals surface area (Å²) in [5, 5.41) is 11.0. The van der Waals surface area contributed by atoms with Crippen LogP contribution < -0.4 is 10.1 Å². The van der Waals surface area contributed by atoms with E-state index >= 15 is 0 Å². The Morgan fingerprint density at radius 1 is 1.33 bits per heavy atom. The summed E-state index contributed by atoms with van der Waals surface area (Å²) in [6, 6.07) is 5.77. The highest BCUT2D eigenvalue weighted by molar-refractivity contribution is 8.00. The molecule has 0 radical (unpaired) electrons. The normalized spacial score (nSPS) is 12.0. The van der Waals surface area contributed by atoms with Crippen molar-refractivity contribution >= 4 is 34.1 Å². The SMILES string of the molecule is CSc1nnc(NC(=O)[C@H](C)Oc2ccc(C)c(C)c2)s1. The van der Waals surface area contributed by atoms with Gasteiger partial charge in [0.1, 0.15) is 5.75 Å². The van der Waals surface area contributed by atoms with Crippen molar-refractivity contribution in [2.45, 2.75) is 31.2 Å². The summed E-state index contributed by atoms with van der Waals surface area (Å²) >= 11 is 2.84. The second kappa shape index (κ2) is 6.91. The van der Waals surface area contributed by atoms with Crippen LogP contribution in [-0.4, -0.2) is 28.5 Å². The highest BCUT2D eigenvalue weighted by Crippen LogP contribution is 2.23. The Morgan fingerprint density at radius 3 is 2.71 bits per heavy atom. The smallest absolute Gasteiger partial charge is 0.266 e. The molecule has 0 saturated carbocycles. The van der Waals surface area contributed by atoms with E-state index in [0.29, 0.717) is 10.9 Å². The number of anilines is 1. The number of hydrogen-bond acceptors (Lipinski definition) is 6. The fraction of sp³-hybridized carbons (Fsp3) is 0.357. The van der Waals surface area contributed by atoms with E-state index in [1.54, 1.807) is 6.92 Å². The van der Waals surface area contributed by atoms with Gasteiger partial charge in [0, 0.05) is 0 Å². The fourth-order valence-electron chi connectivity index (χ4n) is 1.59. The zero-order valence-electron chi connectivity index (χ0n) is 12.3. The molecule has 1 aromatic heterocycles. The first-order valence-electron chi connectivity index (χ1n) is 6.42. The molecule has 1 aromatic carbocycles. The molecule has 2 rings (SSSR count). The lowest BCUT2D eigenvalue weighted by Gasteiger charge is -2.14. The number of carbonyl (C=O) groups excluding carboxylic acids is 1. The second-order valence-electron chi connectivity index (χ2n) is 4.57. The summed E-state index contributed by atoms with van der Waals surface area (Å²) in [6.45, 7) is 5.76. The predicted molar refractivity (Wildman–Crippen MR) is 86.3 cm³/mol. The minimum absolute atomic E-state index is 0.239. The summed E-state index contributed by atoms with van der Waals surface area (Å²) in [6.07, 6.45) is 1.31. The quantitative estimate of drug-likeness (QED) is 0.676. The van der Waals surface area contributed by atoms with Gasteiger partial charge in [-0.3, -0.25) is 10.1 Å². The molecule has 0 fully saturated rings. The number of rotatable bonds is 5. The summed E-state index contributed by atoms with van der Waals surface area (Å²) in [5.41, 5.74) is 2.33. The van der Waals surface area contributed by atoms with E-state index in [0.717, 1.165) is 9.90 Å². The Labute approximate surface area is 132 Å². The van der Waals surface area contributed by atoms with Crippen molar-refractivity contribution in [1.82, 2.24) is 10.2 Å². The number of ether oxygens (including phenoxy) is 1. The molecule has 0 saturated heterocycles. The van der Waals surface area contributed by atoms with Gasteiger partial charge in [0.05, 0.1) is 0 Å². The van der Waals surface area contributed by atoms with Crippen LogP contribution in [0.4, 0.5) is 5.13 Å². The summed E-state index contributed by atoms with van der Waals surface area (Å²) in [7, 11) is 0. The first kappa shape index (κ1) is 15.8. The molecule has 0 aliphatic rings. The number of carbonyl (C=O) groups is 1. The lowest BCUT2D eigenvalue weighted by molar-refractivity contribution is -0.122. The van der Waals surface area contributed by atoms with Crippen LogP contribution in [0.5, 0.6) is 5.75 Å². The van der Waals surface area contributed by atoms with Gasteiger partial charge >= 0.3 is 0 Å². The van der Waals surface area contributed by atoms with Gasteiger partial charge < -0.3 is 4.74 Å². The average molecular weight is 323 g/mol. The number of aromatic nitrogens is 2. The number of hydrogen-bond donors (Lipinski definition) is 1. The van der Waals surface area contributed by atoms with Crippen molar-refractivity contribution in [1.29, 1.82) is 0 Å². The maximum Gasteiger partial charge on any atom is 0.266 e. The standard InChI is InChI=1S/C14H17N3O2S2/c1-8-5-6-11(7-9(8)2)19-10(3)12(18)15-13-16-17-14(20-4)21-13/h5-7,10H,1-4H3,(H,15,16,18)/t10-/m0/s1. The zero-order valence-corrected chi connectivity index (χ0v) is 14.0. The molecule has 1 heterocycles. The van der Waals surface area contributed by atoms with Crippen molar-refractivity contribution in [3.8, 4) is 5.75 Å². The lowest BCUT2D eigenvalue weighted by Crippen LogP contribution is -2.30. The monoisotopic (exact) mass is 323 g/mol. The van der Waals surface area contributed by atoms with Crippen LogP contribution in [0.1, 0.15) is 18.1 Å². The molecular formula is C14H17N3O2S2. The van der Waals surface area contributed by atoms with Crippen molar-refractivity contribution < 1.29 is 9.53 Å². The van der Waals surface area contributed by atoms with E-state index in [1.165, 1.54) is 28.7 Å². The van der Waals surface area contributed by atoms with Gasteiger partial charge in [-0.2, -0.15) is 0 Å². The maximum atomic E-state index is 12.1. The largest absolute Gasteiger partial charge is 0.481 e. The van der Waals surface area contributed by atoms with Crippen LogP contribution in [-0.2, 0) is 4.79 Å². The van der Waals surface area contributed by atoms with E-state index in [1.807, 2.05) is 38.3 Å². The number of nitrogens with zero attached hydrogens (tertiary/aromatic N) is 2. The molecule has 0 unspecified atom stereocenters. The Bertz CT molecular complexity index is 643. The molecule has 0 aliphatic carbocycles. The second-order valence-corrected chi connectivity index (χ2v) is 6.60. The van der Waals surface area contributed by atoms with E-state index in [2.05, 4.69) is 15.5 Å². The van der Waals surface area contributed by atoms with Crippen molar-refractivity contribution in [3.63, 3.8) is 0 Å². The minimum atomic E-state index is -0.603. The van der Waals surface area contributed by atoms with Crippen LogP contribution in [0.2, 0.25) is 0 Å². The predicted octanol–water partition coefficient (Wildman–Crippen LogP) is 3.28. The number of amides is 1. The van der Waals surface area contributed by atoms with Gasteiger partial charge in [-0.05, 0) is 50.3 Å². The molecule has 5 nitrogen and oxygen atoms in total. The number of aryl methyl sites for hydroxylation is 2. The van der Waals surface area contributed by atoms with E-state index in [9.17, 15) is 4.79 Å². The number of thioether (sulfide) groups is 1. The highest BCUT2D eigenvalue weighted by atomic mass is 32.2. The van der Waals surface area contributed by atoms with Gasteiger partial charge in [0.25, 0.3) is 5.91 Å². The molecule has 2 aromatic rings. The van der Waals surface area contributed by atoms with Crippen LogP contribution in [0.3, 0.4) is 0 Å². The topological polar surface area (TPSA) is 64.1 Å². The average Bonchev–Trinajstić information content (AvgIpc) is 2.90.